The van der Waals surface area contributed by atoms with Crippen molar-refractivity contribution >= 4 is 16.7 Å². The molecular weight excluding hydrogens is 418 g/mol. The maximum Gasteiger partial charge on any atom is 0.153 e. The van der Waals surface area contributed by atoms with E-state index in [9.17, 15) is 0 Å². The number of ether oxygens (including phenoxy) is 1. The molecule has 2 aromatic rings. The molecule has 184 valence electrons. The fourth-order valence-electron chi connectivity index (χ4n) is 9.05. The molecule has 0 radical (unpaired) electrons. The van der Waals surface area contributed by atoms with Gasteiger partial charge in [-0.25, -0.2) is 0 Å². The summed E-state index contributed by atoms with van der Waals surface area (Å²) in [5, 5.41) is 8.42. The van der Waals surface area contributed by atoms with E-state index in [1.807, 2.05) is 0 Å². The Morgan fingerprint density at radius 3 is 2.68 bits per heavy atom. The third-order valence-electron chi connectivity index (χ3n) is 10.6. The second kappa shape index (κ2) is 7.59. The first kappa shape index (κ1) is 22.6. The second-order valence-electron chi connectivity index (χ2n) is 13.4. The summed E-state index contributed by atoms with van der Waals surface area (Å²) in [7, 11) is 0. The first-order chi connectivity index (χ1) is 16.1. The molecule has 4 aliphatic carbocycles. The minimum atomic E-state index is -0.0490. The second-order valence-corrected chi connectivity index (χ2v) is 13.4. The summed E-state index contributed by atoms with van der Waals surface area (Å²) in [5.74, 6) is 3.76. The average Bonchev–Trinajstić information content (AvgIpc) is 3.32. The molecule has 4 heteroatoms. The van der Waals surface area contributed by atoms with Gasteiger partial charge in [0, 0.05) is 5.39 Å². The zero-order chi connectivity index (χ0) is 23.9. The summed E-state index contributed by atoms with van der Waals surface area (Å²) in [4.78, 5) is 0. The third kappa shape index (κ3) is 3.38. The molecule has 0 aliphatic heterocycles. The van der Waals surface area contributed by atoms with Crippen molar-refractivity contribution < 1.29 is 4.74 Å². The minimum absolute atomic E-state index is 0.0490. The monoisotopic (exact) mass is 461 g/mol. The molecule has 0 bridgehead atoms. The van der Waals surface area contributed by atoms with Crippen LogP contribution in [0.2, 0.25) is 0 Å². The molecule has 34 heavy (non-hydrogen) atoms. The molecule has 6 rings (SSSR count). The van der Waals surface area contributed by atoms with Gasteiger partial charge in [0.15, 0.2) is 5.82 Å². The van der Waals surface area contributed by atoms with Crippen molar-refractivity contribution in [2.75, 3.05) is 5.73 Å². The Morgan fingerprint density at radius 1 is 1.06 bits per heavy atom. The number of aromatic amines is 1. The molecular formula is C30H43N3O. The first-order valence-corrected chi connectivity index (χ1v) is 13.7. The van der Waals surface area contributed by atoms with Gasteiger partial charge in [0.1, 0.15) is 0 Å². The standard InChI is InChI=1S/C30H43N3O/c1-28(2,3)34-20-12-14-29(4)19(17-20)7-9-21-24-11-10-23(30(24,5)15-13-25(21)29)18-6-8-22-26(16-18)32-33-27(22)31/h6-8,16,20-21,23-25H,9-15,17H2,1-5H3,(H3,31,32,33)/t20-,21+,23-,24+,25+,29+,30-/m1/s1. The summed E-state index contributed by atoms with van der Waals surface area (Å²) in [5.41, 5.74) is 11.1. The minimum Gasteiger partial charge on any atom is -0.382 e. The SMILES string of the molecule is CC(C)(C)O[C@@H]1CC[C@@]2(C)C(=CC[C@H]3[C@@H]4CC[C@H](c5ccc6c(N)n[nH]c6c5)[C@@]4(C)CC[C@@H]32)C1. The van der Waals surface area contributed by atoms with Gasteiger partial charge in [0.2, 0.25) is 0 Å². The van der Waals surface area contributed by atoms with E-state index in [-0.39, 0.29) is 5.60 Å². The summed E-state index contributed by atoms with van der Waals surface area (Å²) in [6.45, 7) is 11.8. The number of aromatic nitrogens is 2. The molecule has 1 aromatic heterocycles. The van der Waals surface area contributed by atoms with Gasteiger partial charge in [-0.3, -0.25) is 5.10 Å². The molecule has 0 amide bonds. The number of hydrogen-bond donors (Lipinski definition) is 2. The number of benzene rings is 1. The van der Waals surface area contributed by atoms with Crippen LogP contribution in [0, 0.1) is 28.6 Å². The van der Waals surface area contributed by atoms with Crippen molar-refractivity contribution in [1.29, 1.82) is 0 Å². The quantitative estimate of drug-likeness (QED) is 0.459. The van der Waals surface area contributed by atoms with Crippen LogP contribution >= 0.6 is 0 Å². The number of allylic oxidation sites excluding steroid dienone is 1. The number of anilines is 1. The highest BCUT2D eigenvalue weighted by atomic mass is 16.5. The van der Waals surface area contributed by atoms with Gasteiger partial charge in [-0.2, -0.15) is 5.10 Å². The lowest BCUT2D eigenvalue weighted by Crippen LogP contribution is -2.50. The number of rotatable bonds is 2. The highest BCUT2D eigenvalue weighted by Gasteiger charge is 2.58. The van der Waals surface area contributed by atoms with Gasteiger partial charge in [0.05, 0.1) is 17.2 Å². The smallest absolute Gasteiger partial charge is 0.153 e. The van der Waals surface area contributed by atoms with Crippen LogP contribution in [0.4, 0.5) is 5.82 Å². The van der Waals surface area contributed by atoms with Crippen LogP contribution in [-0.2, 0) is 4.74 Å². The van der Waals surface area contributed by atoms with E-state index < -0.39 is 0 Å². The molecule has 0 saturated heterocycles. The Kier molecular flexibility index (Phi) is 5.06. The number of H-pyrrole nitrogens is 1. The Morgan fingerprint density at radius 2 is 1.88 bits per heavy atom. The Hall–Kier alpha value is -1.81. The Balaban J connectivity index is 1.26. The van der Waals surface area contributed by atoms with Crippen LogP contribution in [0.1, 0.15) is 97.5 Å². The molecule has 4 nitrogen and oxygen atoms in total. The largest absolute Gasteiger partial charge is 0.382 e. The van der Waals surface area contributed by atoms with E-state index in [4.69, 9.17) is 10.5 Å². The van der Waals surface area contributed by atoms with Gasteiger partial charge in [0.25, 0.3) is 0 Å². The summed E-state index contributed by atoms with van der Waals surface area (Å²) >= 11 is 0. The van der Waals surface area contributed by atoms with Gasteiger partial charge < -0.3 is 10.5 Å². The van der Waals surface area contributed by atoms with E-state index in [1.165, 1.54) is 50.5 Å². The zero-order valence-corrected chi connectivity index (χ0v) is 21.8. The van der Waals surface area contributed by atoms with Crippen LogP contribution in [0.25, 0.3) is 10.9 Å². The fourth-order valence-corrected chi connectivity index (χ4v) is 9.05. The number of nitrogens with two attached hydrogens (primary N) is 1. The van der Waals surface area contributed by atoms with Crippen molar-refractivity contribution in [3.63, 3.8) is 0 Å². The number of hydrogen-bond acceptors (Lipinski definition) is 3. The molecule has 0 unspecified atom stereocenters. The van der Waals surface area contributed by atoms with E-state index in [1.54, 1.807) is 5.57 Å². The number of fused-ring (bicyclic) bond motifs is 6. The maximum atomic E-state index is 6.43. The predicted octanol–water partition coefficient (Wildman–Crippen LogP) is 7.38. The highest BCUT2D eigenvalue weighted by molar-refractivity contribution is 5.89. The van der Waals surface area contributed by atoms with Crippen LogP contribution < -0.4 is 5.73 Å². The van der Waals surface area contributed by atoms with Crippen LogP contribution in [0.5, 0.6) is 0 Å². The lowest BCUT2D eigenvalue weighted by atomic mass is 9.47. The summed E-state index contributed by atoms with van der Waals surface area (Å²) in [6.07, 6.45) is 13.4. The molecule has 3 N–H and O–H groups in total. The Labute approximate surface area is 205 Å². The lowest BCUT2D eigenvalue weighted by molar-refractivity contribution is -0.0922. The molecule has 4 aliphatic rings. The maximum absolute atomic E-state index is 6.43. The number of nitrogens with one attached hydrogen (secondary N) is 1. The lowest BCUT2D eigenvalue weighted by Gasteiger charge is -2.58. The zero-order valence-electron chi connectivity index (χ0n) is 21.8. The molecule has 7 atom stereocenters. The third-order valence-corrected chi connectivity index (χ3v) is 10.6. The molecule has 3 fully saturated rings. The average molecular weight is 462 g/mol. The van der Waals surface area contributed by atoms with Gasteiger partial charge in [-0.1, -0.05) is 31.6 Å². The van der Waals surface area contributed by atoms with Crippen molar-refractivity contribution in [3.8, 4) is 0 Å². The van der Waals surface area contributed by atoms with Crippen molar-refractivity contribution in [1.82, 2.24) is 10.2 Å². The first-order valence-electron chi connectivity index (χ1n) is 13.7. The van der Waals surface area contributed by atoms with Crippen LogP contribution in [0.3, 0.4) is 0 Å². The molecule has 3 saturated carbocycles. The number of nitrogen functional groups attached to an aromatic ring is 1. The predicted molar refractivity (Wildman–Crippen MR) is 140 cm³/mol. The van der Waals surface area contributed by atoms with Crippen molar-refractivity contribution in [2.45, 2.75) is 104 Å². The topological polar surface area (TPSA) is 63.9 Å². The van der Waals surface area contributed by atoms with Gasteiger partial charge in [-0.15, -0.1) is 0 Å². The molecule has 0 spiro atoms. The molecule has 1 heterocycles. The number of nitrogens with zero attached hydrogens (tertiary/aromatic N) is 1. The summed E-state index contributed by atoms with van der Waals surface area (Å²) in [6, 6.07) is 6.84. The fraction of sp³-hybridized carbons (Fsp3) is 0.700. The normalized spacial score (nSPS) is 39.9. The summed E-state index contributed by atoms with van der Waals surface area (Å²) < 4.78 is 6.43. The van der Waals surface area contributed by atoms with E-state index in [0.29, 0.717) is 28.7 Å². The van der Waals surface area contributed by atoms with Crippen LogP contribution in [0.15, 0.2) is 29.8 Å². The van der Waals surface area contributed by atoms with E-state index in [0.717, 1.165) is 35.1 Å². The van der Waals surface area contributed by atoms with E-state index >= 15 is 0 Å². The van der Waals surface area contributed by atoms with E-state index in [2.05, 4.69) is 69.1 Å². The van der Waals surface area contributed by atoms with Crippen LogP contribution in [-0.4, -0.2) is 21.9 Å². The molecule has 1 aromatic carbocycles. The van der Waals surface area contributed by atoms with Crippen molar-refractivity contribution in [3.05, 3.63) is 35.4 Å². The van der Waals surface area contributed by atoms with Crippen molar-refractivity contribution in [2.24, 2.45) is 28.6 Å². The van der Waals surface area contributed by atoms with Gasteiger partial charge >= 0.3 is 0 Å². The Bertz CT molecular complexity index is 1130. The van der Waals surface area contributed by atoms with Gasteiger partial charge in [-0.05, 0) is 124 Å². The highest BCUT2D eigenvalue weighted by Crippen LogP contribution is 2.68.